The standard InChI is InChI=1S/C55H95NO13/c1-3-5-7-9-11-13-15-17-19-20-21-22-23-25-26-28-30-32-34-36-38-44(59)43(56-47(60)39-37-35-33-31-29-27-24-18-16-14-12-10-8-6-4-2)42-66-54-52(65)50(63)53(46(41-58)68-54)69-55-51(64)49(62)48(61)45(40-57)67-55/h6,8,12,14,18,24,28-31,36,38,43-46,48-55,57-59,61-65H,3-5,7,9-11,13,15-17,19-23,25-27,32-35,37,39-42H2,1-2H3,(H,56,60)/b8-6-,14-12-,24-18-,30-28+,31-29-,38-36+. The first-order chi connectivity index (χ1) is 33.6. The fourth-order valence-electron chi connectivity index (χ4n) is 8.30. The lowest BCUT2D eigenvalue weighted by atomic mass is 9.97. The molecule has 0 saturated carbocycles. The normalized spacial score (nSPS) is 26.8. The second-order valence-corrected chi connectivity index (χ2v) is 18.6. The molecule has 0 aromatic heterocycles. The first-order valence-corrected chi connectivity index (χ1v) is 26.7. The van der Waals surface area contributed by atoms with Gasteiger partial charge in [-0.3, -0.25) is 4.79 Å². The maximum Gasteiger partial charge on any atom is 0.220 e. The van der Waals surface area contributed by atoms with Crippen LogP contribution in [0.15, 0.2) is 72.9 Å². The molecule has 1 amide bonds. The molecule has 0 aromatic carbocycles. The summed E-state index contributed by atoms with van der Waals surface area (Å²) in [6.45, 7) is 2.61. The Morgan fingerprint density at radius 1 is 0.536 bits per heavy atom. The lowest BCUT2D eigenvalue weighted by molar-refractivity contribution is -0.359. The molecule has 398 valence electrons. The molecule has 0 radical (unpaired) electrons. The van der Waals surface area contributed by atoms with Crippen molar-refractivity contribution in [2.75, 3.05) is 19.8 Å². The molecule has 2 aliphatic heterocycles. The van der Waals surface area contributed by atoms with Gasteiger partial charge >= 0.3 is 0 Å². The van der Waals surface area contributed by atoms with E-state index in [-0.39, 0.29) is 18.9 Å². The van der Waals surface area contributed by atoms with Crippen LogP contribution in [0, 0.1) is 0 Å². The summed E-state index contributed by atoms with van der Waals surface area (Å²) >= 11 is 0. The highest BCUT2D eigenvalue weighted by molar-refractivity contribution is 5.76. The van der Waals surface area contributed by atoms with Crippen molar-refractivity contribution in [3.8, 4) is 0 Å². The average molecular weight is 978 g/mol. The molecule has 2 aliphatic rings. The maximum atomic E-state index is 13.2. The molecule has 2 fully saturated rings. The van der Waals surface area contributed by atoms with E-state index in [0.29, 0.717) is 12.8 Å². The van der Waals surface area contributed by atoms with Crippen LogP contribution in [0.2, 0.25) is 0 Å². The zero-order valence-corrected chi connectivity index (χ0v) is 42.3. The lowest BCUT2D eigenvalue weighted by Crippen LogP contribution is -2.65. The van der Waals surface area contributed by atoms with Gasteiger partial charge in [-0.05, 0) is 70.6 Å². The van der Waals surface area contributed by atoms with E-state index >= 15 is 0 Å². The number of amides is 1. The summed E-state index contributed by atoms with van der Waals surface area (Å²) in [5.41, 5.74) is 0. The summed E-state index contributed by atoms with van der Waals surface area (Å²) in [5, 5.41) is 86.8. The molecule has 2 saturated heterocycles. The molecular formula is C55H95NO13. The van der Waals surface area contributed by atoms with Gasteiger partial charge in [-0.1, -0.05) is 170 Å². The number of unbranched alkanes of at least 4 members (excludes halogenated alkanes) is 17. The Balaban J connectivity index is 1.86. The van der Waals surface area contributed by atoms with E-state index in [4.69, 9.17) is 18.9 Å². The van der Waals surface area contributed by atoms with E-state index in [2.05, 4.69) is 79.9 Å². The van der Waals surface area contributed by atoms with Crippen LogP contribution >= 0.6 is 0 Å². The highest BCUT2D eigenvalue weighted by Gasteiger charge is 2.51. The van der Waals surface area contributed by atoms with E-state index in [1.54, 1.807) is 6.08 Å². The minimum Gasteiger partial charge on any atom is -0.394 e. The van der Waals surface area contributed by atoms with Crippen LogP contribution in [0.5, 0.6) is 0 Å². The summed E-state index contributed by atoms with van der Waals surface area (Å²) < 4.78 is 22.7. The third-order valence-corrected chi connectivity index (χ3v) is 12.6. The van der Waals surface area contributed by atoms with Gasteiger partial charge in [0, 0.05) is 6.42 Å². The Hall–Kier alpha value is -2.57. The number of carbonyl (C=O) groups excluding carboxylic acids is 1. The number of aliphatic hydroxyl groups is 8. The summed E-state index contributed by atoms with van der Waals surface area (Å²) in [7, 11) is 0. The van der Waals surface area contributed by atoms with Crippen molar-refractivity contribution in [3.63, 3.8) is 0 Å². The molecular weight excluding hydrogens is 883 g/mol. The molecule has 2 heterocycles. The van der Waals surface area contributed by atoms with E-state index < -0.39 is 86.8 Å². The minimum absolute atomic E-state index is 0.218. The molecule has 69 heavy (non-hydrogen) atoms. The van der Waals surface area contributed by atoms with Crippen molar-refractivity contribution in [2.24, 2.45) is 0 Å². The zero-order chi connectivity index (χ0) is 50.3. The molecule has 12 atom stereocenters. The maximum absolute atomic E-state index is 13.2. The number of nitrogens with one attached hydrogen (secondary N) is 1. The molecule has 2 rings (SSSR count). The molecule has 14 heteroatoms. The zero-order valence-electron chi connectivity index (χ0n) is 42.3. The van der Waals surface area contributed by atoms with Gasteiger partial charge in [0.25, 0.3) is 0 Å². The van der Waals surface area contributed by atoms with E-state index in [9.17, 15) is 45.6 Å². The lowest BCUT2D eigenvalue weighted by Gasteiger charge is -2.46. The SMILES string of the molecule is CC/C=C\C/C=C\C/C=C\C/C=C\CCCCC(=O)NC(COC1OC(CO)C(OC2OC(CO)C(O)C(O)C2O)C(O)C1O)C(O)/C=C/CC/C=C/CCCCCCCCCCCCCCCC. The van der Waals surface area contributed by atoms with Crippen LogP contribution in [-0.2, 0) is 23.7 Å². The van der Waals surface area contributed by atoms with E-state index in [1.165, 1.54) is 89.9 Å². The third-order valence-electron chi connectivity index (χ3n) is 12.6. The van der Waals surface area contributed by atoms with E-state index in [1.807, 2.05) is 6.08 Å². The smallest absolute Gasteiger partial charge is 0.220 e. The van der Waals surface area contributed by atoms with Gasteiger partial charge in [-0.25, -0.2) is 0 Å². The number of hydrogen-bond donors (Lipinski definition) is 9. The number of aliphatic hydroxyl groups excluding tert-OH is 8. The highest BCUT2D eigenvalue weighted by Crippen LogP contribution is 2.30. The molecule has 0 spiro atoms. The fraction of sp³-hybridized carbons (Fsp3) is 0.764. The monoisotopic (exact) mass is 978 g/mol. The summed E-state index contributed by atoms with van der Waals surface area (Å²) in [6, 6.07) is -0.956. The van der Waals surface area contributed by atoms with Gasteiger partial charge in [0.15, 0.2) is 12.6 Å². The van der Waals surface area contributed by atoms with Crippen LogP contribution in [0.1, 0.15) is 174 Å². The first-order valence-electron chi connectivity index (χ1n) is 26.7. The summed E-state index contributed by atoms with van der Waals surface area (Å²) in [4.78, 5) is 13.2. The van der Waals surface area contributed by atoms with Crippen LogP contribution in [0.25, 0.3) is 0 Å². The van der Waals surface area contributed by atoms with Crippen molar-refractivity contribution >= 4 is 5.91 Å². The van der Waals surface area contributed by atoms with Gasteiger partial charge in [0.1, 0.15) is 48.8 Å². The Kier molecular flexibility index (Phi) is 37.1. The van der Waals surface area contributed by atoms with Crippen molar-refractivity contribution in [2.45, 2.75) is 248 Å². The number of carbonyl (C=O) groups is 1. The van der Waals surface area contributed by atoms with Crippen molar-refractivity contribution in [1.29, 1.82) is 0 Å². The van der Waals surface area contributed by atoms with Crippen LogP contribution in [0.3, 0.4) is 0 Å². The predicted octanol–water partition coefficient (Wildman–Crippen LogP) is 7.60. The second-order valence-electron chi connectivity index (χ2n) is 18.6. The van der Waals surface area contributed by atoms with Crippen molar-refractivity contribution in [1.82, 2.24) is 5.32 Å². The highest BCUT2D eigenvalue weighted by atomic mass is 16.7. The third kappa shape index (κ3) is 27.7. The van der Waals surface area contributed by atoms with Gasteiger partial charge in [0.2, 0.25) is 5.91 Å². The predicted molar refractivity (Wildman–Crippen MR) is 272 cm³/mol. The van der Waals surface area contributed by atoms with E-state index in [0.717, 1.165) is 51.4 Å². The fourth-order valence-corrected chi connectivity index (χ4v) is 8.30. The van der Waals surface area contributed by atoms with Gasteiger partial charge in [0.05, 0.1) is 32.0 Å². The van der Waals surface area contributed by atoms with Crippen molar-refractivity contribution < 1.29 is 64.6 Å². The quantitative estimate of drug-likeness (QED) is 0.0213. The Morgan fingerprint density at radius 3 is 1.59 bits per heavy atom. The Bertz CT molecular complexity index is 1430. The topological polar surface area (TPSA) is 228 Å². The number of allylic oxidation sites excluding steroid dienone is 11. The second kappa shape index (κ2) is 41.0. The molecule has 0 aromatic rings. The van der Waals surface area contributed by atoms with Gasteiger partial charge in [-0.2, -0.15) is 0 Å². The van der Waals surface area contributed by atoms with Gasteiger partial charge in [-0.15, -0.1) is 0 Å². The minimum atomic E-state index is -1.80. The van der Waals surface area contributed by atoms with Crippen LogP contribution in [-0.4, -0.2) is 140 Å². The summed E-state index contributed by atoms with van der Waals surface area (Å²) in [5.74, 6) is -0.293. The molecule has 0 aliphatic carbocycles. The molecule has 12 unspecified atom stereocenters. The Labute approximate surface area is 415 Å². The van der Waals surface area contributed by atoms with Crippen LogP contribution in [0.4, 0.5) is 0 Å². The number of rotatable bonds is 40. The molecule has 14 nitrogen and oxygen atoms in total. The first kappa shape index (κ1) is 62.5. The van der Waals surface area contributed by atoms with Crippen LogP contribution < -0.4 is 5.32 Å². The number of hydrogen-bond acceptors (Lipinski definition) is 13. The largest absolute Gasteiger partial charge is 0.394 e. The van der Waals surface area contributed by atoms with Gasteiger partial charge < -0.3 is 65.1 Å². The average Bonchev–Trinajstić information content (AvgIpc) is 3.35. The molecule has 9 N–H and O–H groups in total. The summed E-state index contributed by atoms with van der Waals surface area (Å²) in [6.07, 6.45) is 35.2. The van der Waals surface area contributed by atoms with Crippen molar-refractivity contribution in [3.05, 3.63) is 72.9 Å². The Morgan fingerprint density at radius 2 is 1.01 bits per heavy atom. The molecule has 0 bridgehead atoms. The number of ether oxygens (including phenoxy) is 4.